The first-order valence-corrected chi connectivity index (χ1v) is 8.07. The summed E-state index contributed by atoms with van der Waals surface area (Å²) in [6.45, 7) is 0.0574. The first-order chi connectivity index (χ1) is 12.3. The topological polar surface area (TPSA) is 85.6 Å². The molecule has 10 heteroatoms. The van der Waals surface area contributed by atoms with E-state index in [4.69, 9.17) is 9.47 Å². The largest absolute Gasteiger partial charge is 0.490 e. The highest BCUT2D eigenvalue weighted by Crippen LogP contribution is 2.28. The number of halogens is 3. The lowest BCUT2D eigenvalue weighted by atomic mass is 10.1. The zero-order chi connectivity index (χ0) is 18.7. The number of hydrogen-bond donors (Lipinski definition) is 2. The van der Waals surface area contributed by atoms with E-state index < -0.39 is 18.7 Å². The number of imidazole rings is 1. The van der Waals surface area contributed by atoms with Gasteiger partial charge in [0.2, 0.25) is 0 Å². The number of fused-ring (bicyclic) bond motifs is 1. The molecule has 1 aromatic heterocycles. The van der Waals surface area contributed by atoms with E-state index in [1.165, 1.54) is 12.1 Å². The van der Waals surface area contributed by atoms with Gasteiger partial charge in [-0.3, -0.25) is 0 Å². The predicted molar refractivity (Wildman–Crippen MR) is 85.5 cm³/mol. The van der Waals surface area contributed by atoms with E-state index in [2.05, 4.69) is 10.3 Å². The maximum absolute atomic E-state index is 12.1. The van der Waals surface area contributed by atoms with Gasteiger partial charge < -0.3 is 24.5 Å². The molecule has 2 N–H and O–H groups in total. The number of ether oxygens (including phenoxy) is 2. The molecular weight excluding hydrogens is 355 g/mol. The molecule has 0 aliphatic carbocycles. The van der Waals surface area contributed by atoms with Gasteiger partial charge in [0.05, 0.1) is 36.6 Å². The summed E-state index contributed by atoms with van der Waals surface area (Å²) < 4.78 is 49.0. The third kappa shape index (κ3) is 4.44. The van der Waals surface area contributed by atoms with E-state index in [-0.39, 0.29) is 30.6 Å². The number of rotatable bonds is 8. The highest BCUT2D eigenvalue weighted by atomic mass is 19.4. The molecule has 1 aliphatic heterocycles. The fourth-order valence-electron chi connectivity index (χ4n) is 2.62. The number of carboxylic acid groups (broad SMARTS) is 1. The number of carbonyl (C=O) groups is 1. The standard InChI is InChI=1S/C16H18F3N3O4/c17-16(18,19)8-20-2-4-26-13-6-10(15(23)24)5-12-14(13)21-9-22(12)7-11-1-3-25-11/h5-6,9,11,20H,1-4,7-8H2,(H,23,24). The van der Waals surface area contributed by atoms with Crippen LogP contribution in [-0.2, 0) is 11.3 Å². The van der Waals surface area contributed by atoms with Crippen molar-refractivity contribution < 1.29 is 32.5 Å². The maximum Gasteiger partial charge on any atom is 0.401 e. The Labute approximate surface area is 146 Å². The number of nitrogens with zero attached hydrogens (tertiary/aromatic N) is 2. The number of benzene rings is 1. The minimum atomic E-state index is -4.29. The Morgan fingerprint density at radius 1 is 1.46 bits per heavy atom. The normalized spacial score (nSPS) is 17.3. The summed E-state index contributed by atoms with van der Waals surface area (Å²) in [5.41, 5.74) is 1.07. The van der Waals surface area contributed by atoms with E-state index >= 15 is 0 Å². The number of aromatic carboxylic acids is 1. The highest BCUT2D eigenvalue weighted by molar-refractivity contribution is 5.95. The van der Waals surface area contributed by atoms with Crippen LogP contribution in [-0.4, -0.2) is 59.2 Å². The first-order valence-electron chi connectivity index (χ1n) is 8.07. The molecule has 0 spiro atoms. The summed E-state index contributed by atoms with van der Waals surface area (Å²) in [5.74, 6) is -0.901. The van der Waals surface area contributed by atoms with Gasteiger partial charge in [0.1, 0.15) is 17.9 Å². The second-order valence-electron chi connectivity index (χ2n) is 5.97. The van der Waals surface area contributed by atoms with Crippen LogP contribution in [0.25, 0.3) is 11.0 Å². The zero-order valence-corrected chi connectivity index (χ0v) is 13.8. The Balaban J connectivity index is 1.74. The van der Waals surface area contributed by atoms with E-state index in [0.717, 1.165) is 6.42 Å². The summed E-state index contributed by atoms with van der Waals surface area (Å²) in [6.07, 6.45) is -1.73. The summed E-state index contributed by atoms with van der Waals surface area (Å²) in [7, 11) is 0. The fraction of sp³-hybridized carbons (Fsp3) is 0.500. The molecule has 1 fully saturated rings. The van der Waals surface area contributed by atoms with Gasteiger partial charge >= 0.3 is 12.1 Å². The van der Waals surface area contributed by atoms with Crippen LogP contribution in [0.4, 0.5) is 13.2 Å². The van der Waals surface area contributed by atoms with Crippen LogP contribution in [0.1, 0.15) is 16.8 Å². The third-order valence-corrected chi connectivity index (χ3v) is 3.99. The summed E-state index contributed by atoms with van der Waals surface area (Å²) in [5, 5.41) is 11.5. The van der Waals surface area contributed by atoms with Crippen molar-refractivity contribution in [3.63, 3.8) is 0 Å². The van der Waals surface area contributed by atoms with Crippen molar-refractivity contribution in [2.75, 3.05) is 26.3 Å². The van der Waals surface area contributed by atoms with Crippen molar-refractivity contribution >= 4 is 17.0 Å². The fourth-order valence-corrected chi connectivity index (χ4v) is 2.62. The van der Waals surface area contributed by atoms with Crippen LogP contribution in [0, 0.1) is 0 Å². The molecule has 1 aliphatic rings. The van der Waals surface area contributed by atoms with Crippen LogP contribution >= 0.6 is 0 Å². The van der Waals surface area contributed by atoms with Gasteiger partial charge in [-0.25, -0.2) is 9.78 Å². The van der Waals surface area contributed by atoms with E-state index in [0.29, 0.717) is 24.2 Å². The van der Waals surface area contributed by atoms with Crippen LogP contribution in [0.3, 0.4) is 0 Å². The Kier molecular flexibility index (Phi) is 5.33. The molecule has 0 saturated carbocycles. The number of hydrogen-bond acceptors (Lipinski definition) is 5. The Morgan fingerprint density at radius 2 is 2.23 bits per heavy atom. The van der Waals surface area contributed by atoms with Gasteiger partial charge in [-0.15, -0.1) is 0 Å². The molecule has 0 bridgehead atoms. The van der Waals surface area contributed by atoms with E-state index in [1.807, 2.05) is 0 Å². The molecule has 142 valence electrons. The average Bonchev–Trinajstić information content (AvgIpc) is 2.92. The van der Waals surface area contributed by atoms with Gasteiger partial charge in [0.25, 0.3) is 0 Å². The Morgan fingerprint density at radius 3 is 2.85 bits per heavy atom. The summed E-state index contributed by atoms with van der Waals surface area (Å²) in [6, 6.07) is 2.82. The molecule has 2 heterocycles. The SMILES string of the molecule is O=C(O)c1cc(OCCNCC(F)(F)F)c2ncn(CC3CCO3)c2c1. The lowest BCUT2D eigenvalue weighted by Gasteiger charge is -2.26. The molecule has 26 heavy (non-hydrogen) atoms. The van der Waals surface area contributed by atoms with Crippen LogP contribution < -0.4 is 10.1 Å². The van der Waals surface area contributed by atoms with Gasteiger partial charge in [-0.05, 0) is 18.6 Å². The number of alkyl halides is 3. The van der Waals surface area contributed by atoms with Crippen molar-refractivity contribution in [1.29, 1.82) is 0 Å². The minimum Gasteiger partial charge on any atom is -0.490 e. The van der Waals surface area contributed by atoms with Crippen LogP contribution in [0.5, 0.6) is 5.75 Å². The molecule has 2 aromatic rings. The molecule has 3 rings (SSSR count). The zero-order valence-electron chi connectivity index (χ0n) is 13.8. The van der Waals surface area contributed by atoms with Crippen molar-refractivity contribution in [3.05, 3.63) is 24.0 Å². The Bertz CT molecular complexity index is 787. The quantitative estimate of drug-likeness (QED) is 0.689. The van der Waals surface area contributed by atoms with Crippen molar-refractivity contribution in [2.24, 2.45) is 0 Å². The Hall–Kier alpha value is -2.33. The average molecular weight is 373 g/mol. The lowest BCUT2D eigenvalue weighted by Crippen LogP contribution is -2.31. The number of nitrogens with one attached hydrogen (secondary N) is 1. The molecule has 7 nitrogen and oxygen atoms in total. The molecular formula is C16H18F3N3O4. The van der Waals surface area contributed by atoms with E-state index in [9.17, 15) is 23.1 Å². The van der Waals surface area contributed by atoms with E-state index in [1.54, 1.807) is 10.9 Å². The first kappa shape index (κ1) is 18.5. The monoisotopic (exact) mass is 373 g/mol. The van der Waals surface area contributed by atoms with Gasteiger partial charge in [-0.2, -0.15) is 13.2 Å². The van der Waals surface area contributed by atoms with Gasteiger partial charge in [0, 0.05) is 13.2 Å². The highest BCUT2D eigenvalue weighted by Gasteiger charge is 2.26. The molecule has 1 saturated heterocycles. The van der Waals surface area contributed by atoms with Gasteiger partial charge in [0.15, 0.2) is 0 Å². The molecule has 1 unspecified atom stereocenters. The van der Waals surface area contributed by atoms with Crippen LogP contribution in [0.2, 0.25) is 0 Å². The van der Waals surface area contributed by atoms with Gasteiger partial charge in [-0.1, -0.05) is 0 Å². The molecule has 0 amide bonds. The number of aromatic nitrogens is 2. The van der Waals surface area contributed by atoms with Crippen molar-refractivity contribution in [3.8, 4) is 5.75 Å². The number of carboxylic acids is 1. The molecule has 1 aromatic carbocycles. The second kappa shape index (κ2) is 7.50. The molecule has 1 atom stereocenters. The maximum atomic E-state index is 12.1. The van der Waals surface area contributed by atoms with Crippen molar-refractivity contribution in [1.82, 2.24) is 14.9 Å². The van der Waals surface area contributed by atoms with Crippen molar-refractivity contribution in [2.45, 2.75) is 25.2 Å². The predicted octanol–water partition coefficient (Wildman–Crippen LogP) is 2.05. The summed E-state index contributed by atoms with van der Waals surface area (Å²) in [4.78, 5) is 15.6. The third-order valence-electron chi connectivity index (χ3n) is 3.99. The molecule has 0 radical (unpaired) electrons. The smallest absolute Gasteiger partial charge is 0.401 e. The summed E-state index contributed by atoms with van der Waals surface area (Å²) >= 11 is 0. The van der Waals surface area contributed by atoms with Crippen LogP contribution in [0.15, 0.2) is 18.5 Å². The lowest BCUT2D eigenvalue weighted by molar-refractivity contribution is -0.124. The minimum absolute atomic E-state index is 0.0204. The second-order valence-corrected chi connectivity index (χ2v) is 5.97.